The molecule has 1 saturated heterocycles. The van der Waals surface area contributed by atoms with Gasteiger partial charge in [0.2, 0.25) is 6.79 Å². The Morgan fingerprint density at radius 1 is 1.12 bits per heavy atom. The smallest absolute Gasteiger partial charge is 0.231 e. The summed E-state index contributed by atoms with van der Waals surface area (Å²) in [6.45, 7) is 1.88. The Labute approximate surface area is 105 Å². The van der Waals surface area contributed by atoms with Gasteiger partial charge in [-0.3, -0.25) is 0 Å². The molecule has 0 bridgehead atoms. The highest BCUT2D eigenvalue weighted by molar-refractivity contribution is 6.33. The summed E-state index contributed by atoms with van der Waals surface area (Å²) in [4.78, 5) is 0. The van der Waals surface area contributed by atoms with E-state index < -0.39 is 0 Å². The molecule has 0 saturated carbocycles. The number of hydrogen-bond donors (Lipinski definition) is 1. The van der Waals surface area contributed by atoms with Gasteiger partial charge in [0.05, 0.1) is 10.7 Å². The molecule has 0 radical (unpaired) electrons. The minimum absolute atomic E-state index is 0.270. The van der Waals surface area contributed by atoms with Crippen LogP contribution in [0.4, 0.5) is 5.69 Å². The van der Waals surface area contributed by atoms with Crippen LogP contribution in [-0.4, -0.2) is 26.0 Å². The molecule has 0 amide bonds. The number of rotatable bonds is 2. The molecule has 2 aliphatic rings. The van der Waals surface area contributed by atoms with Gasteiger partial charge in [-0.15, -0.1) is 0 Å². The van der Waals surface area contributed by atoms with Crippen molar-refractivity contribution in [3.8, 4) is 11.5 Å². The zero-order valence-electron chi connectivity index (χ0n) is 9.37. The zero-order valence-corrected chi connectivity index (χ0v) is 10.1. The van der Waals surface area contributed by atoms with Gasteiger partial charge in [0.15, 0.2) is 11.5 Å². The van der Waals surface area contributed by atoms with Crippen LogP contribution in [0.2, 0.25) is 5.02 Å². The molecule has 0 atom stereocenters. The first kappa shape index (κ1) is 11.0. The Hall–Kier alpha value is -1.13. The summed E-state index contributed by atoms with van der Waals surface area (Å²) in [6.07, 6.45) is 2.01. The number of ether oxygens (including phenoxy) is 3. The minimum atomic E-state index is 0.270. The molecule has 1 aromatic rings. The summed E-state index contributed by atoms with van der Waals surface area (Å²) >= 11 is 6.20. The third kappa shape index (κ3) is 2.28. The first-order valence-electron chi connectivity index (χ1n) is 5.76. The normalized spacial score (nSPS) is 19.4. The van der Waals surface area contributed by atoms with E-state index in [4.69, 9.17) is 25.8 Å². The predicted molar refractivity (Wildman–Crippen MR) is 65.0 cm³/mol. The average Bonchev–Trinajstić information content (AvgIpc) is 2.78. The number of halogens is 1. The van der Waals surface area contributed by atoms with Crippen molar-refractivity contribution < 1.29 is 14.2 Å². The van der Waals surface area contributed by atoms with Crippen molar-refractivity contribution >= 4 is 17.3 Å². The third-order valence-corrected chi connectivity index (χ3v) is 3.36. The van der Waals surface area contributed by atoms with Crippen LogP contribution in [0.5, 0.6) is 11.5 Å². The highest BCUT2D eigenvalue weighted by atomic mass is 35.5. The Bertz CT molecular complexity index is 418. The lowest BCUT2D eigenvalue weighted by atomic mass is 10.1. The topological polar surface area (TPSA) is 39.7 Å². The van der Waals surface area contributed by atoms with E-state index in [0.717, 1.165) is 37.5 Å². The van der Waals surface area contributed by atoms with Crippen LogP contribution < -0.4 is 14.8 Å². The van der Waals surface area contributed by atoms with Crippen molar-refractivity contribution in [2.45, 2.75) is 18.9 Å². The molecule has 17 heavy (non-hydrogen) atoms. The summed E-state index contributed by atoms with van der Waals surface area (Å²) in [7, 11) is 0. The van der Waals surface area contributed by atoms with Gasteiger partial charge in [-0.2, -0.15) is 0 Å². The quantitative estimate of drug-likeness (QED) is 0.882. The number of anilines is 1. The molecule has 0 aliphatic carbocycles. The van der Waals surface area contributed by atoms with E-state index in [9.17, 15) is 0 Å². The summed E-state index contributed by atoms with van der Waals surface area (Å²) in [5.41, 5.74) is 0.905. The molecule has 3 rings (SSSR count). The summed E-state index contributed by atoms with van der Waals surface area (Å²) < 4.78 is 15.9. The summed E-state index contributed by atoms with van der Waals surface area (Å²) in [5, 5.41) is 4.10. The molecular weight excluding hydrogens is 242 g/mol. The minimum Gasteiger partial charge on any atom is -0.454 e. The van der Waals surface area contributed by atoms with Crippen molar-refractivity contribution in [3.63, 3.8) is 0 Å². The number of hydrogen-bond acceptors (Lipinski definition) is 4. The maximum Gasteiger partial charge on any atom is 0.231 e. The molecule has 1 fully saturated rings. The fourth-order valence-corrected chi connectivity index (χ4v) is 2.30. The van der Waals surface area contributed by atoms with Crippen LogP contribution in [0, 0.1) is 0 Å². The number of benzene rings is 1. The van der Waals surface area contributed by atoms with Gasteiger partial charge < -0.3 is 19.5 Å². The van der Waals surface area contributed by atoms with E-state index in [1.165, 1.54) is 0 Å². The van der Waals surface area contributed by atoms with E-state index in [2.05, 4.69) is 5.32 Å². The van der Waals surface area contributed by atoms with Gasteiger partial charge >= 0.3 is 0 Å². The van der Waals surface area contributed by atoms with Crippen LogP contribution in [0.3, 0.4) is 0 Å². The van der Waals surface area contributed by atoms with Crippen LogP contribution in [0.15, 0.2) is 12.1 Å². The summed E-state index contributed by atoms with van der Waals surface area (Å²) in [6, 6.07) is 4.12. The second-order valence-electron chi connectivity index (χ2n) is 4.22. The Kier molecular flexibility index (Phi) is 2.99. The van der Waals surface area contributed by atoms with E-state index in [1.807, 2.05) is 6.07 Å². The maximum absolute atomic E-state index is 6.20. The van der Waals surface area contributed by atoms with E-state index in [-0.39, 0.29) is 6.79 Å². The van der Waals surface area contributed by atoms with Crippen LogP contribution in [-0.2, 0) is 4.74 Å². The lowest BCUT2D eigenvalue weighted by Gasteiger charge is -2.24. The number of fused-ring (bicyclic) bond motifs is 1. The lowest BCUT2D eigenvalue weighted by molar-refractivity contribution is 0.0904. The second kappa shape index (κ2) is 4.63. The highest BCUT2D eigenvalue weighted by Crippen LogP contribution is 2.39. The fourth-order valence-electron chi connectivity index (χ4n) is 2.09. The molecule has 0 aromatic heterocycles. The van der Waals surface area contributed by atoms with Gasteiger partial charge in [0.25, 0.3) is 0 Å². The Balaban J connectivity index is 1.78. The SMILES string of the molecule is Clc1cc2c(cc1NC1CCOCC1)OCO2. The summed E-state index contributed by atoms with van der Waals surface area (Å²) in [5.74, 6) is 1.47. The van der Waals surface area contributed by atoms with Gasteiger partial charge in [-0.05, 0) is 12.8 Å². The molecule has 0 spiro atoms. The monoisotopic (exact) mass is 255 g/mol. The zero-order chi connectivity index (χ0) is 11.7. The molecular formula is C12H14ClNO3. The second-order valence-corrected chi connectivity index (χ2v) is 4.62. The van der Waals surface area contributed by atoms with Gasteiger partial charge in [-0.25, -0.2) is 0 Å². The Morgan fingerprint density at radius 3 is 2.59 bits per heavy atom. The number of nitrogens with one attached hydrogen (secondary N) is 1. The fraction of sp³-hybridized carbons (Fsp3) is 0.500. The standard InChI is InChI=1S/C12H14ClNO3/c13-9-5-11-12(17-7-16-11)6-10(9)14-8-1-3-15-4-2-8/h5-6,8,14H,1-4,7H2. The lowest BCUT2D eigenvalue weighted by Crippen LogP contribution is -2.27. The van der Waals surface area contributed by atoms with Gasteiger partial charge in [-0.1, -0.05) is 11.6 Å². The average molecular weight is 256 g/mol. The molecule has 92 valence electrons. The van der Waals surface area contributed by atoms with Gasteiger partial charge in [0, 0.05) is 31.4 Å². The first-order valence-corrected chi connectivity index (χ1v) is 6.14. The Morgan fingerprint density at radius 2 is 1.82 bits per heavy atom. The van der Waals surface area contributed by atoms with Crippen molar-refractivity contribution in [1.29, 1.82) is 0 Å². The molecule has 1 N–H and O–H groups in total. The molecule has 1 aromatic carbocycles. The van der Waals surface area contributed by atoms with Crippen molar-refractivity contribution in [1.82, 2.24) is 0 Å². The van der Waals surface area contributed by atoms with E-state index in [0.29, 0.717) is 16.8 Å². The van der Waals surface area contributed by atoms with Crippen LogP contribution in [0.25, 0.3) is 0 Å². The van der Waals surface area contributed by atoms with E-state index in [1.54, 1.807) is 6.07 Å². The van der Waals surface area contributed by atoms with Gasteiger partial charge in [0.1, 0.15) is 0 Å². The van der Waals surface area contributed by atoms with Crippen LogP contribution >= 0.6 is 11.6 Å². The van der Waals surface area contributed by atoms with E-state index >= 15 is 0 Å². The van der Waals surface area contributed by atoms with Crippen molar-refractivity contribution in [2.75, 3.05) is 25.3 Å². The largest absolute Gasteiger partial charge is 0.454 e. The third-order valence-electron chi connectivity index (χ3n) is 3.04. The molecule has 2 heterocycles. The van der Waals surface area contributed by atoms with Crippen LogP contribution in [0.1, 0.15) is 12.8 Å². The van der Waals surface area contributed by atoms with Crippen molar-refractivity contribution in [2.24, 2.45) is 0 Å². The molecule has 0 unspecified atom stereocenters. The first-order chi connectivity index (χ1) is 8.33. The molecule has 4 nitrogen and oxygen atoms in total. The maximum atomic E-state index is 6.20. The predicted octanol–water partition coefficient (Wildman–Crippen LogP) is 2.66. The van der Waals surface area contributed by atoms with Crippen molar-refractivity contribution in [3.05, 3.63) is 17.2 Å². The highest BCUT2D eigenvalue weighted by Gasteiger charge is 2.19. The molecule has 2 aliphatic heterocycles. The molecule has 5 heteroatoms.